The van der Waals surface area contributed by atoms with Crippen molar-refractivity contribution in [2.45, 2.75) is 18.9 Å². The Kier molecular flexibility index (Phi) is 4.34. The van der Waals surface area contributed by atoms with Gasteiger partial charge in [0.05, 0.1) is 12.3 Å². The van der Waals surface area contributed by atoms with E-state index in [1.165, 1.54) is 12.1 Å². The molecule has 20 heavy (non-hydrogen) atoms. The third-order valence-electron chi connectivity index (χ3n) is 3.09. The second-order valence-electron chi connectivity index (χ2n) is 4.80. The molecule has 5 nitrogen and oxygen atoms in total. The van der Waals surface area contributed by atoms with Crippen LogP contribution in [0.5, 0.6) is 0 Å². The van der Waals surface area contributed by atoms with Crippen molar-refractivity contribution in [3.05, 3.63) is 35.6 Å². The second-order valence-corrected chi connectivity index (χ2v) is 4.80. The van der Waals surface area contributed by atoms with Gasteiger partial charge in [0.1, 0.15) is 5.82 Å². The molecule has 108 valence electrons. The van der Waals surface area contributed by atoms with Gasteiger partial charge in [-0.25, -0.2) is 4.39 Å². The fraction of sp³-hybridized carbons (Fsp3) is 0.429. The zero-order valence-corrected chi connectivity index (χ0v) is 11.5. The lowest BCUT2D eigenvalue weighted by atomic mass is 9.95. The smallest absolute Gasteiger partial charge is 0.267 e. The molecule has 0 unspecified atom stereocenters. The number of hydrogen-bond acceptors (Lipinski definition) is 4. The fourth-order valence-electron chi connectivity index (χ4n) is 1.94. The van der Waals surface area contributed by atoms with Crippen LogP contribution < -0.4 is 5.32 Å². The number of nitrogens with zero attached hydrogens (tertiary/aromatic N) is 1. The Bertz CT molecular complexity index is 533. The molecule has 0 aliphatic carbocycles. The molecule has 0 bridgehead atoms. The number of oxime groups is 1. The predicted octanol–water partition coefficient (Wildman–Crippen LogP) is 1.47. The van der Waals surface area contributed by atoms with Crippen molar-refractivity contribution >= 4 is 11.6 Å². The van der Waals surface area contributed by atoms with Crippen molar-refractivity contribution in [3.63, 3.8) is 0 Å². The van der Waals surface area contributed by atoms with Crippen molar-refractivity contribution in [3.8, 4) is 0 Å². The minimum absolute atomic E-state index is 0.260. The zero-order chi connectivity index (χ0) is 14.6. The molecule has 0 aromatic heterocycles. The molecular weight excluding hydrogens is 263 g/mol. The van der Waals surface area contributed by atoms with Gasteiger partial charge in [0.2, 0.25) is 5.60 Å². The van der Waals surface area contributed by atoms with Crippen molar-refractivity contribution in [2.24, 2.45) is 5.16 Å². The number of carbonyl (C=O) groups excluding carboxylic acids is 1. The molecule has 1 heterocycles. The number of methoxy groups -OCH3 is 1. The molecule has 0 saturated heterocycles. The highest BCUT2D eigenvalue weighted by molar-refractivity contribution is 6.05. The van der Waals surface area contributed by atoms with Crippen LogP contribution in [-0.4, -0.2) is 37.5 Å². The summed E-state index contributed by atoms with van der Waals surface area (Å²) in [6, 6.07) is 6.06. The van der Waals surface area contributed by atoms with E-state index in [0.29, 0.717) is 30.8 Å². The van der Waals surface area contributed by atoms with Gasteiger partial charge < -0.3 is 14.9 Å². The summed E-state index contributed by atoms with van der Waals surface area (Å²) in [5.74, 6) is -0.604. The minimum atomic E-state index is -1.06. The predicted molar refractivity (Wildman–Crippen MR) is 71.9 cm³/mol. The summed E-state index contributed by atoms with van der Waals surface area (Å²) in [6.45, 7) is 2.49. The minimum Gasteiger partial charge on any atom is -0.383 e. The van der Waals surface area contributed by atoms with Crippen LogP contribution in [0.4, 0.5) is 4.39 Å². The summed E-state index contributed by atoms with van der Waals surface area (Å²) in [7, 11) is 1.56. The maximum Gasteiger partial charge on any atom is 0.267 e. The Morgan fingerprint density at radius 3 is 3.10 bits per heavy atom. The summed E-state index contributed by atoms with van der Waals surface area (Å²) in [4.78, 5) is 17.3. The van der Waals surface area contributed by atoms with Crippen LogP contribution in [0.15, 0.2) is 29.4 Å². The molecule has 0 spiro atoms. The van der Waals surface area contributed by atoms with Gasteiger partial charge >= 0.3 is 0 Å². The Balaban J connectivity index is 2.01. The standard InChI is InChI=1S/C14H17FN2O3/c1-14(13(18)16-6-7-19-2)9-12(17-20-14)10-4-3-5-11(15)8-10/h3-5,8H,6-7,9H2,1-2H3,(H,16,18)/t14-/m0/s1. The van der Waals surface area contributed by atoms with Gasteiger partial charge in [0, 0.05) is 25.6 Å². The number of halogens is 1. The van der Waals surface area contributed by atoms with Gasteiger partial charge in [-0.15, -0.1) is 0 Å². The molecule has 1 aromatic carbocycles. The lowest BCUT2D eigenvalue weighted by Gasteiger charge is -2.20. The van der Waals surface area contributed by atoms with Crippen LogP contribution in [0, 0.1) is 5.82 Å². The normalized spacial score (nSPS) is 21.2. The third kappa shape index (κ3) is 3.14. The van der Waals surface area contributed by atoms with Crippen molar-refractivity contribution < 1.29 is 18.8 Å². The Morgan fingerprint density at radius 2 is 2.40 bits per heavy atom. The average molecular weight is 280 g/mol. The van der Waals surface area contributed by atoms with E-state index in [4.69, 9.17) is 9.57 Å². The SMILES string of the molecule is COCCNC(=O)[C@]1(C)CC(c2cccc(F)c2)=NO1. The first kappa shape index (κ1) is 14.5. The zero-order valence-electron chi connectivity index (χ0n) is 11.5. The van der Waals surface area contributed by atoms with Crippen molar-refractivity contribution in [2.75, 3.05) is 20.3 Å². The van der Waals surface area contributed by atoms with Gasteiger partial charge in [0.15, 0.2) is 0 Å². The molecule has 0 fully saturated rings. The first-order chi connectivity index (χ1) is 9.55. The number of rotatable bonds is 5. The molecule has 2 rings (SSSR count). The van der Waals surface area contributed by atoms with Gasteiger partial charge in [-0.2, -0.15) is 0 Å². The highest BCUT2D eigenvalue weighted by atomic mass is 19.1. The van der Waals surface area contributed by atoms with E-state index in [1.807, 2.05) is 0 Å². The van der Waals surface area contributed by atoms with Crippen molar-refractivity contribution in [1.29, 1.82) is 0 Å². The van der Waals surface area contributed by atoms with E-state index in [0.717, 1.165) is 0 Å². The molecule has 1 amide bonds. The molecule has 1 aliphatic heterocycles. The summed E-state index contributed by atoms with van der Waals surface area (Å²) in [5, 5.41) is 6.62. The van der Waals surface area contributed by atoms with E-state index in [2.05, 4.69) is 10.5 Å². The quantitative estimate of drug-likeness (QED) is 0.831. The summed E-state index contributed by atoms with van der Waals surface area (Å²) in [5.41, 5.74) is 0.127. The molecule has 0 saturated carbocycles. The fourth-order valence-corrected chi connectivity index (χ4v) is 1.94. The number of amides is 1. The maximum atomic E-state index is 13.2. The van der Waals surface area contributed by atoms with E-state index >= 15 is 0 Å². The number of carbonyl (C=O) groups is 1. The first-order valence-electron chi connectivity index (χ1n) is 6.33. The third-order valence-corrected chi connectivity index (χ3v) is 3.09. The monoisotopic (exact) mass is 280 g/mol. The van der Waals surface area contributed by atoms with E-state index in [1.54, 1.807) is 26.2 Å². The van der Waals surface area contributed by atoms with Crippen LogP contribution in [-0.2, 0) is 14.4 Å². The average Bonchev–Trinajstić information content (AvgIpc) is 2.83. The lowest BCUT2D eigenvalue weighted by molar-refractivity contribution is -0.141. The Hall–Kier alpha value is -1.95. The van der Waals surface area contributed by atoms with Crippen LogP contribution >= 0.6 is 0 Å². The molecular formula is C14H17FN2O3. The number of nitrogens with one attached hydrogen (secondary N) is 1. The largest absolute Gasteiger partial charge is 0.383 e. The highest BCUT2D eigenvalue weighted by Crippen LogP contribution is 2.26. The molecule has 1 aliphatic rings. The Morgan fingerprint density at radius 1 is 1.60 bits per heavy atom. The highest BCUT2D eigenvalue weighted by Gasteiger charge is 2.42. The molecule has 1 aromatic rings. The lowest BCUT2D eigenvalue weighted by Crippen LogP contribution is -2.45. The van der Waals surface area contributed by atoms with Gasteiger partial charge in [-0.1, -0.05) is 17.3 Å². The molecule has 1 N–H and O–H groups in total. The van der Waals surface area contributed by atoms with Gasteiger partial charge in [-0.05, 0) is 19.1 Å². The second kappa shape index (κ2) is 6.00. The van der Waals surface area contributed by atoms with E-state index < -0.39 is 5.60 Å². The number of hydrogen-bond donors (Lipinski definition) is 1. The summed E-state index contributed by atoms with van der Waals surface area (Å²) < 4.78 is 18.1. The molecule has 6 heteroatoms. The molecule has 1 atom stereocenters. The summed E-state index contributed by atoms with van der Waals surface area (Å²) in [6.07, 6.45) is 0.301. The molecule has 0 radical (unpaired) electrons. The Labute approximate surface area is 116 Å². The first-order valence-corrected chi connectivity index (χ1v) is 6.33. The van der Waals surface area contributed by atoms with Gasteiger partial charge in [0.25, 0.3) is 5.91 Å². The maximum absolute atomic E-state index is 13.2. The van der Waals surface area contributed by atoms with E-state index in [9.17, 15) is 9.18 Å². The van der Waals surface area contributed by atoms with Crippen LogP contribution in [0.25, 0.3) is 0 Å². The topological polar surface area (TPSA) is 59.9 Å². The van der Waals surface area contributed by atoms with Crippen molar-refractivity contribution in [1.82, 2.24) is 5.32 Å². The number of benzene rings is 1. The van der Waals surface area contributed by atoms with E-state index in [-0.39, 0.29) is 11.7 Å². The summed E-state index contributed by atoms with van der Waals surface area (Å²) >= 11 is 0. The van der Waals surface area contributed by atoms with Gasteiger partial charge in [-0.3, -0.25) is 4.79 Å². The van der Waals surface area contributed by atoms with Crippen LogP contribution in [0.1, 0.15) is 18.9 Å². The van der Waals surface area contributed by atoms with Crippen LogP contribution in [0.3, 0.4) is 0 Å². The number of ether oxygens (including phenoxy) is 1. The van der Waals surface area contributed by atoms with Crippen LogP contribution in [0.2, 0.25) is 0 Å².